The Hall–Kier alpha value is -0.610. The van der Waals surface area contributed by atoms with Crippen LogP contribution in [-0.2, 0) is 4.79 Å². The van der Waals surface area contributed by atoms with Crippen LogP contribution in [0.25, 0.3) is 0 Å². The van der Waals surface area contributed by atoms with Gasteiger partial charge in [0.2, 0.25) is 5.91 Å². The van der Waals surface area contributed by atoms with Gasteiger partial charge in [-0.25, -0.2) is 0 Å². The Bertz CT molecular complexity index is 244. The Morgan fingerprint density at radius 2 is 1.87 bits per heavy atom. The van der Waals surface area contributed by atoms with Gasteiger partial charge < -0.3 is 11.5 Å². The van der Waals surface area contributed by atoms with Gasteiger partial charge in [0, 0.05) is 12.1 Å². The molecule has 3 unspecified atom stereocenters. The average Bonchev–Trinajstić information content (AvgIpc) is 2.67. The predicted molar refractivity (Wildman–Crippen MR) is 59.2 cm³/mol. The van der Waals surface area contributed by atoms with Crippen LogP contribution in [-0.4, -0.2) is 35.5 Å². The fourth-order valence-corrected chi connectivity index (χ4v) is 3.04. The van der Waals surface area contributed by atoms with Crippen molar-refractivity contribution in [3.05, 3.63) is 0 Å². The van der Waals surface area contributed by atoms with Crippen LogP contribution in [0.1, 0.15) is 38.5 Å². The summed E-state index contributed by atoms with van der Waals surface area (Å²) in [6.07, 6.45) is 6.68. The van der Waals surface area contributed by atoms with Crippen molar-refractivity contribution in [2.45, 2.75) is 56.7 Å². The van der Waals surface area contributed by atoms with E-state index in [1.54, 1.807) is 0 Å². The SMILES string of the molecule is NC(=O)C1CCCN1C1CCCCC1N. The second-order valence-corrected chi connectivity index (χ2v) is 4.81. The molecule has 0 bridgehead atoms. The molecule has 15 heavy (non-hydrogen) atoms. The van der Waals surface area contributed by atoms with Gasteiger partial charge in [0.15, 0.2) is 0 Å². The van der Waals surface area contributed by atoms with E-state index >= 15 is 0 Å². The van der Waals surface area contributed by atoms with Crippen molar-refractivity contribution < 1.29 is 4.79 Å². The summed E-state index contributed by atoms with van der Waals surface area (Å²) in [4.78, 5) is 13.6. The maximum Gasteiger partial charge on any atom is 0.234 e. The fraction of sp³-hybridized carbons (Fsp3) is 0.909. The van der Waals surface area contributed by atoms with Crippen LogP contribution < -0.4 is 11.5 Å². The molecule has 1 amide bonds. The minimum absolute atomic E-state index is 0.0563. The van der Waals surface area contributed by atoms with Gasteiger partial charge in [-0.1, -0.05) is 12.8 Å². The van der Waals surface area contributed by atoms with Crippen molar-refractivity contribution >= 4 is 5.91 Å². The predicted octanol–water partition coefficient (Wildman–Crippen LogP) is 0.206. The van der Waals surface area contributed by atoms with Gasteiger partial charge >= 0.3 is 0 Å². The molecule has 86 valence electrons. The van der Waals surface area contributed by atoms with E-state index in [4.69, 9.17) is 11.5 Å². The Labute approximate surface area is 91.0 Å². The van der Waals surface area contributed by atoms with E-state index in [1.807, 2.05) is 0 Å². The number of hydrogen-bond acceptors (Lipinski definition) is 3. The monoisotopic (exact) mass is 211 g/mol. The third-order valence-corrected chi connectivity index (χ3v) is 3.83. The van der Waals surface area contributed by atoms with Gasteiger partial charge in [0.05, 0.1) is 6.04 Å². The Morgan fingerprint density at radius 3 is 2.53 bits per heavy atom. The van der Waals surface area contributed by atoms with Crippen LogP contribution in [0.5, 0.6) is 0 Å². The number of amides is 1. The number of primary amides is 1. The van der Waals surface area contributed by atoms with E-state index in [0.29, 0.717) is 6.04 Å². The molecule has 1 saturated heterocycles. The molecule has 2 fully saturated rings. The van der Waals surface area contributed by atoms with Gasteiger partial charge in [0.25, 0.3) is 0 Å². The zero-order valence-electron chi connectivity index (χ0n) is 9.19. The molecule has 0 spiro atoms. The van der Waals surface area contributed by atoms with Crippen LogP contribution in [0, 0.1) is 0 Å². The smallest absolute Gasteiger partial charge is 0.234 e. The van der Waals surface area contributed by atoms with E-state index in [2.05, 4.69) is 4.90 Å². The minimum atomic E-state index is -0.176. The van der Waals surface area contributed by atoms with Crippen molar-refractivity contribution in [3.8, 4) is 0 Å². The van der Waals surface area contributed by atoms with Crippen LogP contribution in [0.3, 0.4) is 0 Å². The van der Waals surface area contributed by atoms with Crippen molar-refractivity contribution in [1.29, 1.82) is 0 Å². The fourth-order valence-electron chi connectivity index (χ4n) is 3.04. The molecule has 0 aromatic rings. The Balaban J connectivity index is 2.04. The molecule has 4 nitrogen and oxygen atoms in total. The highest BCUT2D eigenvalue weighted by atomic mass is 16.1. The van der Waals surface area contributed by atoms with Crippen molar-refractivity contribution in [1.82, 2.24) is 4.90 Å². The first kappa shape index (κ1) is 10.9. The molecule has 1 aliphatic heterocycles. The van der Waals surface area contributed by atoms with Crippen molar-refractivity contribution in [2.75, 3.05) is 6.54 Å². The maximum atomic E-state index is 11.3. The molecule has 4 N–H and O–H groups in total. The van der Waals surface area contributed by atoms with Gasteiger partial charge in [-0.2, -0.15) is 0 Å². The summed E-state index contributed by atoms with van der Waals surface area (Å²) in [6, 6.07) is 0.566. The van der Waals surface area contributed by atoms with Crippen LogP contribution in [0.15, 0.2) is 0 Å². The van der Waals surface area contributed by atoms with Crippen molar-refractivity contribution in [2.24, 2.45) is 11.5 Å². The highest BCUT2D eigenvalue weighted by Crippen LogP contribution is 2.28. The summed E-state index contributed by atoms with van der Waals surface area (Å²) in [5.74, 6) is -0.176. The number of nitrogens with zero attached hydrogens (tertiary/aromatic N) is 1. The average molecular weight is 211 g/mol. The lowest BCUT2D eigenvalue weighted by atomic mass is 9.89. The summed E-state index contributed by atoms with van der Waals surface area (Å²) in [7, 11) is 0. The van der Waals surface area contributed by atoms with Gasteiger partial charge in [-0.15, -0.1) is 0 Å². The molecule has 1 heterocycles. The van der Waals surface area contributed by atoms with E-state index in [0.717, 1.165) is 32.2 Å². The third kappa shape index (κ3) is 2.16. The molecular formula is C11H21N3O. The first-order valence-corrected chi connectivity index (χ1v) is 6.01. The first-order chi connectivity index (χ1) is 7.20. The second kappa shape index (κ2) is 4.49. The van der Waals surface area contributed by atoms with Gasteiger partial charge in [-0.05, 0) is 32.2 Å². The summed E-state index contributed by atoms with van der Waals surface area (Å²) >= 11 is 0. The lowest BCUT2D eigenvalue weighted by Crippen LogP contribution is -2.54. The molecular weight excluding hydrogens is 190 g/mol. The first-order valence-electron chi connectivity index (χ1n) is 6.01. The van der Waals surface area contributed by atoms with Gasteiger partial charge in [-0.3, -0.25) is 9.69 Å². The highest BCUT2D eigenvalue weighted by molar-refractivity contribution is 5.80. The van der Waals surface area contributed by atoms with Gasteiger partial charge in [0.1, 0.15) is 0 Å². The summed E-state index contributed by atoms with van der Waals surface area (Å²) in [5, 5.41) is 0. The zero-order chi connectivity index (χ0) is 10.8. The number of carbonyl (C=O) groups excluding carboxylic acids is 1. The Morgan fingerprint density at radius 1 is 1.13 bits per heavy atom. The largest absolute Gasteiger partial charge is 0.368 e. The number of nitrogens with two attached hydrogens (primary N) is 2. The summed E-state index contributed by atoms with van der Waals surface area (Å²) in [6.45, 7) is 0.992. The molecule has 1 aliphatic carbocycles. The quantitative estimate of drug-likeness (QED) is 0.685. The third-order valence-electron chi connectivity index (χ3n) is 3.83. The van der Waals surface area contributed by atoms with Crippen LogP contribution in [0.2, 0.25) is 0 Å². The molecule has 0 aromatic carbocycles. The molecule has 0 radical (unpaired) electrons. The molecule has 1 saturated carbocycles. The van der Waals surface area contributed by atoms with E-state index in [1.165, 1.54) is 12.8 Å². The minimum Gasteiger partial charge on any atom is -0.368 e. The maximum absolute atomic E-state index is 11.3. The summed E-state index contributed by atoms with van der Waals surface area (Å²) < 4.78 is 0. The zero-order valence-corrected chi connectivity index (χ0v) is 9.19. The van der Waals surface area contributed by atoms with E-state index in [9.17, 15) is 4.79 Å². The number of carbonyl (C=O) groups is 1. The standard InChI is InChI=1S/C11H21N3O/c12-8-4-1-2-5-9(8)14-7-3-6-10(14)11(13)15/h8-10H,1-7,12H2,(H2,13,15). The topological polar surface area (TPSA) is 72.4 Å². The van der Waals surface area contributed by atoms with E-state index < -0.39 is 0 Å². The molecule has 2 aliphatic rings. The van der Waals surface area contributed by atoms with Crippen LogP contribution in [0.4, 0.5) is 0 Å². The molecule has 3 atom stereocenters. The number of likely N-dealkylation sites (tertiary alicyclic amines) is 1. The van der Waals surface area contributed by atoms with E-state index in [-0.39, 0.29) is 18.0 Å². The number of rotatable bonds is 2. The molecule has 2 rings (SSSR count). The molecule has 0 aromatic heterocycles. The highest BCUT2D eigenvalue weighted by Gasteiger charge is 2.37. The lowest BCUT2D eigenvalue weighted by molar-refractivity contribution is -0.123. The van der Waals surface area contributed by atoms with Crippen LogP contribution >= 0.6 is 0 Å². The second-order valence-electron chi connectivity index (χ2n) is 4.81. The molecule has 4 heteroatoms. The van der Waals surface area contributed by atoms with Crippen molar-refractivity contribution in [3.63, 3.8) is 0 Å². The lowest BCUT2D eigenvalue weighted by Gasteiger charge is -2.38. The number of hydrogen-bond donors (Lipinski definition) is 2. The normalized spacial score (nSPS) is 38.1. The summed E-state index contributed by atoms with van der Waals surface area (Å²) in [5.41, 5.74) is 11.5. The Kier molecular flexibility index (Phi) is 3.26.